The summed E-state index contributed by atoms with van der Waals surface area (Å²) in [5.41, 5.74) is 0.0506. The highest BCUT2D eigenvalue weighted by atomic mass is 16.6. The van der Waals surface area contributed by atoms with Gasteiger partial charge in [0.1, 0.15) is 5.69 Å². The van der Waals surface area contributed by atoms with Crippen molar-refractivity contribution in [3.8, 4) is 0 Å². The summed E-state index contributed by atoms with van der Waals surface area (Å²) in [4.78, 5) is 21.2. The van der Waals surface area contributed by atoms with Crippen LogP contribution in [0.25, 0.3) is 0 Å². The fourth-order valence-electron chi connectivity index (χ4n) is 1.42. The molecule has 0 saturated carbocycles. The molecule has 104 valence electrons. The lowest BCUT2D eigenvalue weighted by atomic mass is 9.90. The zero-order valence-electron chi connectivity index (χ0n) is 11.3. The highest BCUT2D eigenvalue weighted by molar-refractivity contribution is 5.89. The number of nitrogens with one attached hydrogen (secondary N) is 1. The monoisotopic (exact) mass is 266 g/mol. The summed E-state index contributed by atoms with van der Waals surface area (Å²) in [6, 6.07) is 3.87. The molecule has 0 heterocycles. The second-order valence-corrected chi connectivity index (χ2v) is 5.17. The molecule has 0 aromatic heterocycles. The van der Waals surface area contributed by atoms with Crippen LogP contribution < -0.4 is 5.32 Å². The number of carboxylic acids is 1. The second-order valence-electron chi connectivity index (χ2n) is 5.17. The minimum Gasteiger partial charge on any atom is -0.478 e. The van der Waals surface area contributed by atoms with E-state index in [2.05, 4.69) is 19.2 Å². The van der Waals surface area contributed by atoms with Gasteiger partial charge in [-0.05, 0) is 24.0 Å². The van der Waals surface area contributed by atoms with E-state index in [1.54, 1.807) is 0 Å². The molecule has 0 unspecified atom stereocenters. The maximum Gasteiger partial charge on any atom is 0.335 e. The first-order chi connectivity index (χ1) is 8.76. The minimum absolute atomic E-state index is 0.0132. The smallest absolute Gasteiger partial charge is 0.335 e. The zero-order chi connectivity index (χ0) is 14.6. The highest BCUT2D eigenvalue weighted by Gasteiger charge is 2.20. The maximum atomic E-state index is 11.0. The molecule has 0 radical (unpaired) electrons. The average Bonchev–Trinajstić information content (AvgIpc) is 2.36. The molecule has 0 aliphatic heterocycles. The molecule has 1 rings (SSSR count). The van der Waals surface area contributed by atoms with E-state index >= 15 is 0 Å². The quantitative estimate of drug-likeness (QED) is 0.609. The predicted molar refractivity (Wildman–Crippen MR) is 72.6 cm³/mol. The molecule has 1 aromatic carbocycles. The Hall–Kier alpha value is -2.11. The summed E-state index contributed by atoms with van der Waals surface area (Å²) >= 11 is 0. The van der Waals surface area contributed by atoms with E-state index in [-0.39, 0.29) is 16.7 Å². The molecule has 0 saturated heterocycles. The molecule has 0 amide bonds. The first-order valence-corrected chi connectivity index (χ1v) is 6.02. The lowest BCUT2D eigenvalue weighted by Gasteiger charge is -2.23. The van der Waals surface area contributed by atoms with Crippen molar-refractivity contribution in [3.05, 3.63) is 33.9 Å². The Morgan fingerprint density at radius 1 is 1.47 bits per heavy atom. The molecule has 0 bridgehead atoms. The Morgan fingerprint density at radius 2 is 2.11 bits per heavy atom. The largest absolute Gasteiger partial charge is 0.478 e. The number of carbonyl (C=O) groups is 1. The Labute approximate surface area is 111 Å². The van der Waals surface area contributed by atoms with E-state index in [0.717, 1.165) is 12.5 Å². The summed E-state index contributed by atoms with van der Waals surface area (Å²) < 4.78 is 0. The predicted octanol–water partition coefficient (Wildman–Crippen LogP) is 3.14. The van der Waals surface area contributed by atoms with Gasteiger partial charge in [-0.3, -0.25) is 10.1 Å². The summed E-state index contributed by atoms with van der Waals surface area (Å²) in [5, 5.41) is 22.8. The molecule has 2 N–H and O–H groups in total. The van der Waals surface area contributed by atoms with E-state index < -0.39 is 10.9 Å². The Bertz CT molecular complexity index is 497. The molecule has 0 fully saturated rings. The van der Waals surface area contributed by atoms with Crippen molar-refractivity contribution >= 4 is 17.3 Å². The van der Waals surface area contributed by atoms with E-state index in [4.69, 9.17) is 5.11 Å². The van der Waals surface area contributed by atoms with Crippen molar-refractivity contribution in [2.45, 2.75) is 27.2 Å². The van der Waals surface area contributed by atoms with Crippen molar-refractivity contribution in [2.24, 2.45) is 5.41 Å². The maximum absolute atomic E-state index is 11.0. The third-order valence-corrected chi connectivity index (χ3v) is 3.16. The van der Waals surface area contributed by atoms with Gasteiger partial charge in [-0.15, -0.1) is 0 Å². The number of nitrogens with zero attached hydrogens (tertiary/aromatic N) is 1. The number of benzene rings is 1. The van der Waals surface area contributed by atoms with Crippen molar-refractivity contribution in [1.82, 2.24) is 0 Å². The third-order valence-electron chi connectivity index (χ3n) is 3.16. The molecule has 0 atom stereocenters. The fraction of sp³-hybridized carbons (Fsp3) is 0.462. The summed E-state index contributed by atoms with van der Waals surface area (Å²) in [5.74, 6) is -1.18. The molecule has 0 aliphatic rings. The van der Waals surface area contributed by atoms with E-state index in [1.165, 1.54) is 12.1 Å². The molecule has 0 spiro atoms. The van der Waals surface area contributed by atoms with Gasteiger partial charge in [-0.1, -0.05) is 20.8 Å². The topological polar surface area (TPSA) is 92.5 Å². The van der Waals surface area contributed by atoms with Crippen LogP contribution in [0.2, 0.25) is 0 Å². The SMILES string of the molecule is CCC(C)(C)CNc1ccc(C(=O)O)cc1[N+](=O)[O-]. The minimum atomic E-state index is -1.18. The van der Waals surface area contributed by atoms with Crippen LogP contribution in [0.4, 0.5) is 11.4 Å². The number of hydrogen-bond acceptors (Lipinski definition) is 4. The summed E-state index contributed by atoms with van der Waals surface area (Å²) in [6.07, 6.45) is 0.932. The summed E-state index contributed by atoms with van der Waals surface area (Å²) in [6.45, 7) is 6.73. The summed E-state index contributed by atoms with van der Waals surface area (Å²) in [7, 11) is 0. The lowest BCUT2D eigenvalue weighted by Crippen LogP contribution is -2.22. The first kappa shape index (κ1) is 14.9. The van der Waals surface area contributed by atoms with Gasteiger partial charge < -0.3 is 10.4 Å². The molecular formula is C13H18N2O4. The van der Waals surface area contributed by atoms with Gasteiger partial charge in [0.25, 0.3) is 5.69 Å². The third kappa shape index (κ3) is 3.94. The molecule has 19 heavy (non-hydrogen) atoms. The highest BCUT2D eigenvalue weighted by Crippen LogP contribution is 2.28. The van der Waals surface area contributed by atoms with E-state index in [9.17, 15) is 14.9 Å². The lowest BCUT2D eigenvalue weighted by molar-refractivity contribution is -0.384. The number of nitro benzene ring substituents is 1. The number of aromatic carboxylic acids is 1. The normalized spacial score (nSPS) is 11.1. The van der Waals surface area contributed by atoms with Crippen LogP contribution in [0.5, 0.6) is 0 Å². The second kappa shape index (κ2) is 5.69. The molecule has 1 aromatic rings. The number of hydrogen-bond donors (Lipinski definition) is 2. The van der Waals surface area contributed by atoms with Crippen LogP contribution in [0.1, 0.15) is 37.6 Å². The van der Waals surface area contributed by atoms with Gasteiger partial charge in [0.05, 0.1) is 10.5 Å². The number of carboxylic acid groups (broad SMARTS) is 1. The van der Waals surface area contributed by atoms with E-state index in [0.29, 0.717) is 12.2 Å². The van der Waals surface area contributed by atoms with Crippen LogP contribution in [-0.4, -0.2) is 22.5 Å². The first-order valence-electron chi connectivity index (χ1n) is 6.02. The Balaban J connectivity index is 3.01. The average molecular weight is 266 g/mol. The van der Waals surface area contributed by atoms with Gasteiger partial charge in [-0.25, -0.2) is 4.79 Å². The van der Waals surface area contributed by atoms with Gasteiger partial charge in [0.2, 0.25) is 0 Å². The van der Waals surface area contributed by atoms with Crippen LogP contribution in [0.3, 0.4) is 0 Å². The van der Waals surface area contributed by atoms with Gasteiger partial charge in [0, 0.05) is 12.6 Å². The van der Waals surface area contributed by atoms with Crippen molar-refractivity contribution < 1.29 is 14.8 Å². The van der Waals surface area contributed by atoms with Crippen LogP contribution in [0, 0.1) is 15.5 Å². The Morgan fingerprint density at radius 3 is 2.58 bits per heavy atom. The van der Waals surface area contributed by atoms with Crippen LogP contribution in [-0.2, 0) is 0 Å². The van der Waals surface area contributed by atoms with Gasteiger partial charge >= 0.3 is 5.97 Å². The number of anilines is 1. The van der Waals surface area contributed by atoms with E-state index in [1.807, 2.05) is 6.92 Å². The van der Waals surface area contributed by atoms with Crippen molar-refractivity contribution in [1.29, 1.82) is 0 Å². The van der Waals surface area contributed by atoms with Crippen molar-refractivity contribution in [2.75, 3.05) is 11.9 Å². The van der Waals surface area contributed by atoms with Gasteiger partial charge in [-0.2, -0.15) is 0 Å². The molecule has 6 heteroatoms. The fourth-order valence-corrected chi connectivity index (χ4v) is 1.42. The number of rotatable bonds is 6. The Kier molecular flexibility index (Phi) is 4.47. The zero-order valence-corrected chi connectivity index (χ0v) is 11.3. The molecule has 0 aliphatic carbocycles. The van der Waals surface area contributed by atoms with Crippen LogP contribution >= 0.6 is 0 Å². The van der Waals surface area contributed by atoms with Crippen molar-refractivity contribution in [3.63, 3.8) is 0 Å². The molecular weight excluding hydrogens is 248 g/mol. The standard InChI is InChI=1S/C13H18N2O4/c1-4-13(2,3)8-14-10-6-5-9(12(16)17)7-11(10)15(18)19/h5-7,14H,4,8H2,1-3H3,(H,16,17). The number of nitro groups is 1. The van der Waals surface area contributed by atoms with Gasteiger partial charge in [0.15, 0.2) is 0 Å². The van der Waals surface area contributed by atoms with Crippen LogP contribution in [0.15, 0.2) is 18.2 Å². The molecule has 6 nitrogen and oxygen atoms in total.